The molecule has 1 aliphatic heterocycles. The smallest absolute Gasteiger partial charge is 0.176 e. The zero-order valence-electron chi connectivity index (χ0n) is 9.25. The number of fused-ring (bicyclic) bond motifs is 1. The third-order valence-electron chi connectivity index (χ3n) is 2.71. The number of hydrogen-bond donors (Lipinski definition) is 2. The first kappa shape index (κ1) is 10.9. The Hall–Kier alpha value is -1.61. The molecular weight excluding hydrogens is 200 g/mol. The van der Waals surface area contributed by atoms with E-state index in [1.807, 2.05) is 18.2 Å². The maximum Gasteiger partial charge on any atom is 0.176 e. The summed E-state index contributed by atoms with van der Waals surface area (Å²) < 4.78 is 0. The average Bonchev–Trinajstić information content (AvgIpc) is 2.76. The van der Waals surface area contributed by atoms with E-state index in [4.69, 9.17) is 0 Å². The molecule has 0 bridgehead atoms. The Bertz CT molecular complexity index is 412. The van der Waals surface area contributed by atoms with Gasteiger partial charge < -0.3 is 10.6 Å². The van der Waals surface area contributed by atoms with Gasteiger partial charge in [-0.2, -0.15) is 0 Å². The highest BCUT2D eigenvalue weighted by Crippen LogP contribution is 2.22. The molecule has 1 aliphatic rings. The van der Waals surface area contributed by atoms with E-state index in [9.17, 15) is 4.79 Å². The summed E-state index contributed by atoms with van der Waals surface area (Å²) in [6.07, 6.45) is 2.76. The van der Waals surface area contributed by atoms with Gasteiger partial charge in [0.1, 0.15) is 0 Å². The Balaban J connectivity index is 2.03. The lowest BCUT2D eigenvalue weighted by molar-refractivity contribution is 0.0992. The van der Waals surface area contributed by atoms with Gasteiger partial charge in [0, 0.05) is 24.3 Å². The molecule has 0 amide bonds. The topological polar surface area (TPSA) is 41.1 Å². The Kier molecular flexibility index (Phi) is 3.37. The largest absolute Gasteiger partial charge is 0.384 e. The third kappa shape index (κ3) is 2.31. The minimum Gasteiger partial charge on any atom is -0.384 e. The van der Waals surface area contributed by atoms with Crippen LogP contribution in [-0.2, 0) is 6.42 Å². The Labute approximate surface area is 95.6 Å². The third-order valence-corrected chi connectivity index (χ3v) is 2.71. The normalized spacial score (nSPS) is 13.0. The maximum atomic E-state index is 11.8. The molecule has 1 aromatic carbocycles. The van der Waals surface area contributed by atoms with Crippen LogP contribution in [0.4, 0.5) is 5.69 Å². The standard InChI is InChI=1S/C13H16N2O/c1-2-6-14-9-13(16)11-3-4-12-10(8-11)5-7-15-12/h2-4,8,14-15H,1,5-7,9H2. The van der Waals surface area contributed by atoms with Crippen LogP contribution in [0.5, 0.6) is 0 Å². The van der Waals surface area contributed by atoms with Gasteiger partial charge in [0.15, 0.2) is 5.78 Å². The van der Waals surface area contributed by atoms with Crippen molar-refractivity contribution >= 4 is 11.5 Å². The average molecular weight is 216 g/mol. The number of anilines is 1. The molecule has 2 N–H and O–H groups in total. The summed E-state index contributed by atoms with van der Waals surface area (Å²) in [5.74, 6) is 0.136. The zero-order chi connectivity index (χ0) is 11.4. The molecule has 0 saturated carbocycles. The van der Waals surface area contributed by atoms with Crippen molar-refractivity contribution in [3.63, 3.8) is 0 Å². The number of ketones is 1. The fourth-order valence-corrected chi connectivity index (χ4v) is 1.87. The first-order valence-electron chi connectivity index (χ1n) is 5.53. The van der Waals surface area contributed by atoms with Crippen LogP contribution in [0, 0.1) is 0 Å². The molecule has 0 aliphatic carbocycles. The van der Waals surface area contributed by atoms with E-state index in [2.05, 4.69) is 17.2 Å². The van der Waals surface area contributed by atoms with E-state index >= 15 is 0 Å². The highest BCUT2D eigenvalue weighted by atomic mass is 16.1. The zero-order valence-corrected chi connectivity index (χ0v) is 9.25. The highest BCUT2D eigenvalue weighted by Gasteiger charge is 2.12. The van der Waals surface area contributed by atoms with Gasteiger partial charge in [-0.15, -0.1) is 6.58 Å². The second-order valence-electron chi connectivity index (χ2n) is 3.89. The van der Waals surface area contributed by atoms with Crippen LogP contribution < -0.4 is 10.6 Å². The predicted molar refractivity (Wildman–Crippen MR) is 66.0 cm³/mol. The van der Waals surface area contributed by atoms with Crippen molar-refractivity contribution < 1.29 is 4.79 Å². The fraction of sp³-hybridized carbons (Fsp3) is 0.308. The fourth-order valence-electron chi connectivity index (χ4n) is 1.87. The molecule has 0 spiro atoms. The summed E-state index contributed by atoms with van der Waals surface area (Å²) >= 11 is 0. The molecule has 0 unspecified atom stereocenters. The molecule has 84 valence electrons. The van der Waals surface area contributed by atoms with Crippen molar-refractivity contribution in [3.05, 3.63) is 42.0 Å². The van der Waals surface area contributed by atoms with Gasteiger partial charge >= 0.3 is 0 Å². The van der Waals surface area contributed by atoms with Crippen LogP contribution in [0.2, 0.25) is 0 Å². The molecule has 1 aromatic rings. The summed E-state index contributed by atoms with van der Waals surface area (Å²) in [5.41, 5.74) is 3.20. The van der Waals surface area contributed by atoms with E-state index in [1.165, 1.54) is 5.56 Å². The number of rotatable bonds is 5. The molecule has 0 saturated heterocycles. The molecule has 0 radical (unpaired) electrons. The number of benzene rings is 1. The molecule has 0 atom stereocenters. The Morgan fingerprint density at radius 3 is 3.25 bits per heavy atom. The Morgan fingerprint density at radius 1 is 1.56 bits per heavy atom. The minimum atomic E-state index is 0.136. The Morgan fingerprint density at radius 2 is 2.44 bits per heavy atom. The van der Waals surface area contributed by atoms with E-state index in [1.54, 1.807) is 6.08 Å². The SMILES string of the molecule is C=CCNCC(=O)c1ccc2c(c1)CCN2. The van der Waals surface area contributed by atoms with Crippen molar-refractivity contribution in [2.75, 3.05) is 25.0 Å². The summed E-state index contributed by atoms with van der Waals surface area (Å²) in [7, 11) is 0. The van der Waals surface area contributed by atoms with Crippen LogP contribution in [-0.4, -0.2) is 25.4 Å². The highest BCUT2D eigenvalue weighted by molar-refractivity contribution is 5.98. The van der Waals surface area contributed by atoms with E-state index in [-0.39, 0.29) is 5.78 Å². The summed E-state index contributed by atoms with van der Waals surface area (Å²) in [6.45, 7) is 5.61. The van der Waals surface area contributed by atoms with Crippen LogP contribution in [0.3, 0.4) is 0 Å². The quantitative estimate of drug-likeness (QED) is 0.446. The molecule has 0 aromatic heterocycles. The number of carbonyl (C=O) groups excluding carboxylic acids is 1. The van der Waals surface area contributed by atoms with Crippen molar-refractivity contribution in [3.8, 4) is 0 Å². The lowest BCUT2D eigenvalue weighted by Crippen LogP contribution is -2.22. The minimum absolute atomic E-state index is 0.136. The van der Waals surface area contributed by atoms with Crippen LogP contribution >= 0.6 is 0 Å². The van der Waals surface area contributed by atoms with Crippen molar-refractivity contribution in [2.24, 2.45) is 0 Å². The maximum absolute atomic E-state index is 11.8. The van der Waals surface area contributed by atoms with Crippen LogP contribution in [0.25, 0.3) is 0 Å². The van der Waals surface area contributed by atoms with Gasteiger partial charge in [-0.05, 0) is 30.2 Å². The molecule has 1 heterocycles. The van der Waals surface area contributed by atoms with Crippen molar-refractivity contribution in [1.82, 2.24) is 5.32 Å². The number of nitrogens with one attached hydrogen (secondary N) is 2. The number of carbonyl (C=O) groups is 1. The van der Waals surface area contributed by atoms with E-state index < -0.39 is 0 Å². The van der Waals surface area contributed by atoms with E-state index in [0.717, 1.165) is 24.2 Å². The van der Waals surface area contributed by atoms with Gasteiger partial charge in [0.05, 0.1) is 6.54 Å². The van der Waals surface area contributed by atoms with Crippen LogP contribution in [0.15, 0.2) is 30.9 Å². The molecule has 2 rings (SSSR count). The lowest BCUT2D eigenvalue weighted by Gasteiger charge is -2.04. The lowest BCUT2D eigenvalue weighted by atomic mass is 10.1. The number of Topliss-reactive ketones (excluding diaryl/α,β-unsaturated/α-hetero) is 1. The van der Waals surface area contributed by atoms with Gasteiger partial charge in [-0.3, -0.25) is 4.79 Å². The molecule has 3 heteroatoms. The van der Waals surface area contributed by atoms with Crippen molar-refractivity contribution in [2.45, 2.75) is 6.42 Å². The van der Waals surface area contributed by atoms with Gasteiger partial charge in [0.25, 0.3) is 0 Å². The van der Waals surface area contributed by atoms with Crippen LogP contribution in [0.1, 0.15) is 15.9 Å². The molecule has 16 heavy (non-hydrogen) atoms. The molecule has 3 nitrogen and oxygen atoms in total. The second-order valence-corrected chi connectivity index (χ2v) is 3.89. The van der Waals surface area contributed by atoms with Gasteiger partial charge in [0.2, 0.25) is 0 Å². The van der Waals surface area contributed by atoms with Gasteiger partial charge in [-0.25, -0.2) is 0 Å². The predicted octanol–water partition coefficient (Wildman–Crippen LogP) is 1.61. The van der Waals surface area contributed by atoms with Gasteiger partial charge in [-0.1, -0.05) is 6.08 Å². The first-order chi connectivity index (χ1) is 7.81. The molecule has 0 fully saturated rings. The second kappa shape index (κ2) is 4.94. The summed E-state index contributed by atoms with van der Waals surface area (Å²) in [6, 6.07) is 5.87. The summed E-state index contributed by atoms with van der Waals surface area (Å²) in [4.78, 5) is 11.8. The summed E-state index contributed by atoms with van der Waals surface area (Å²) in [5, 5.41) is 6.30. The van der Waals surface area contributed by atoms with E-state index in [0.29, 0.717) is 13.1 Å². The van der Waals surface area contributed by atoms with Crippen molar-refractivity contribution in [1.29, 1.82) is 0 Å². The monoisotopic (exact) mass is 216 g/mol. The number of hydrogen-bond acceptors (Lipinski definition) is 3. The molecular formula is C13H16N2O. The first-order valence-corrected chi connectivity index (χ1v) is 5.53.